The van der Waals surface area contributed by atoms with Gasteiger partial charge in [0, 0.05) is 18.1 Å². The lowest BCUT2D eigenvalue weighted by atomic mass is 9.90. The van der Waals surface area contributed by atoms with Crippen LogP contribution >= 0.6 is 0 Å². The van der Waals surface area contributed by atoms with Crippen LogP contribution in [0.25, 0.3) is 10.8 Å². The van der Waals surface area contributed by atoms with Gasteiger partial charge in [0.2, 0.25) is 0 Å². The van der Waals surface area contributed by atoms with Crippen molar-refractivity contribution in [2.24, 2.45) is 5.92 Å². The average Bonchev–Trinajstić information content (AvgIpc) is 2.46. The summed E-state index contributed by atoms with van der Waals surface area (Å²) in [5.41, 5.74) is 0. The SMILES string of the molecule is CC1CCCN(c2nccc3ccc(O)cc23)C1C(=O)O. The third-order valence-corrected chi connectivity index (χ3v) is 4.19. The standard InChI is InChI=1S/C16H18N2O3/c1-10-3-2-8-18(14(10)16(20)21)15-13-9-12(19)5-4-11(13)6-7-17-15/h4-7,9-10,14,19H,2-3,8H2,1H3,(H,20,21). The molecule has 1 aromatic carbocycles. The Balaban J connectivity index is 2.14. The Morgan fingerprint density at radius 2 is 2.19 bits per heavy atom. The molecule has 0 spiro atoms. The Labute approximate surface area is 122 Å². The summed E-state index contributed by atoms with van der Waals surface area (Å²) in [7, 11) is 0. The van der Waals surface area contributed by atoms with Gasteiger partial charge in [-0.1, -0.05) is 13.0 Å². The second-order valence-corrected chi connectivity index (χ2v) is 5.64. The minimum absolute atomic E-state index is 0.0746. The van der Waals surface area contributed by atoms with E-state index in [9.17, 15) is 15.0 Å². The van der Waals surface area contributed by atoms with Crippen LogP contribution in [0.1, 0.15) is 19.8 Å². The van der Waals surface area contributed by atoms with Gasteiger partial charge >= 0.3 is 5.97 Å². The first-order valence-corrected chi connectivity index (χ1v) is 7.15. The normalized spacial score (nSPS) is 22.4. The summed E-state index contributed by atoms with van der Waals surface area (Å²) in [5.74, 6) is 0.0582. The molecule has 0 bridgehead atoms. The molecule has 0 radical (unpaired) electrons. The van der Waals surface area contributed by atoms with Crippen LogP contribution in [0.2, 0.25) is 0 Å². The van der Waals surface area contributed by atoms with Crippen molar-refractivity contribution in [3.8, 4) is 5.75 Å². The van der Waals surface area contributed by atoms with Crippen molar-refractivity contribution in [2.45, 2.75) is 25.8 Å². The van der Waals surface area contributed by atoms with E-state index in [1.807, 2.05) is 24.0 Å². The minimum Gasteiger partial charge on any atom is -0.508 e. The van der Waals surface area contributed by atoms with Crippen LogP contribution in [0.3, 0.4) is 0 Å². The Kier molecular flexibility index (Phi) is 3.41. The fraction of sp³-hybridized carbons (Fsp3) is 0.375. The summed E-state index contributed by atoms with van der Waals surface area (Å²) >= 11 is 0. The molecule has 1 aliphatic heterocycles. The van der Waals surface area contributed by atoms with Gasteiger partial charge < -0.3 is 15.1 Å². The van der Waals surface area contributed by atoms with E-state index < -0.39 is 12.0 Å². The Morgan fingerprint density at radius 3 is 2.95 bits per heavy atom. The van der Waals surface area contributed by atoms with Gasteiger partial charge in [-0.15, -0.1) is 0 Å². The van der Waals surface area contributed by atoms with Crippen LogP contribution in [0.4, 0.5) is 5.82 Å². The third kappa shape index (κ3) is 2.39. The number of phenols is 1. The summed E-state index contributed by atoms with van der Waals surface area (Å²) in [5, 5.41) is 21.0. The van der Waals surface area contributed by atoms with Crippen LogP contribution in [0.15, 0.2) is 30.5 Å². The van der Waals surface area contributed by atoms with Gasteiger partial charge in [-0.05, 0) is 42.3 Å². The van der Waals surface area contributed by atoms with Crippen molar-refractivity contribution in [3.05, 3.63) is 30.5 Å². The monoisotopic (exact) mass is 286 g/mol. The van der Waals surface area contributed by atoms with E-state index in [2.05, 4.69) is 4.98 Å². The molecule has 1 saturated heterocycles. The lowest BCUT2D eigenvalue weighted by Gasteiger charge is -2.38. The number of aliphatic carboxylic acids is 1. The fourth-order valence-corrected chi connectivity index (χ4v) is 3.17. The minimum atomic E-state index is -0.818. The third-order valence-electron chi connectivity index (χ3n) is 4.19. The lowest BCUT2D eigenvalue weighted by Crippen LogP contribution is -2.49. The number of carboxylic acid groups (broad SMARTS) is 1. The maximum absolute atomic E-state index is 11.6. The van der Waals surface area contributed by atoms with E-state index >= 15 is 0 Å². The number of hydrogen-bond acceptors (Lipinski definition) is 4. The Morgan fingerprint density at radius 1 is 1.38 bits per heavy atom. The lowest BCUT2D eigenvalue weighted by molar-refractivity contribution is -0.140. The van der Waals surface area contributed by atoms with Gasteiger partial charge in [0.1, 0.15) is 17.6 Å². The van der Waals surface area contributed by atoms with Crippen LogP contribution in [-0.4, -0.2) is 33.8 Å². The summed E-state index contributed by atoms with van der Waals surface area (Å²) in [4.78, 5) is 17.9. The van der Waals surface area contributed by atoms with Crippen molar-refractivity contribution in [1.29, 1.82) is 0 Å². The highest BCUT2D eigenvalue weighted by Crippen LogP contribution is 2.33. The number of hydrogen-bond donors (Lipinski definition) is 2. The van der Waals surface area contributed by atoms with E-state index in [1.54, 1.807) is 18.3 Å². The number of phenolic OH excluding ortho intramolecular Hbond substituents is 1. The first kappa shape index (κ1) is 13.7. The van der Waals surface area contributed by atoms with Crippen LogP contribution in [0, 0.1) is 5.92 Å². The predicted octanol–water partition coefficient (Wildman–Crippen LogP) is 2.63. The highest BCUT2D eigenvalue weighted by molar-refractivity contribution is 5.94. The van der Waals surface area contributed by atoms with Crippen molar-refractivity contribution in [2.75, 3.05) is 11.4 Å². The molecule has 1 aromatic heterocycles. The Hall–Kier alpha value is -2.30. The highest BCUT2D eigenvalue weighted by Gasteiger charge is 2.35. The Bertz CT molecular complexity index is 686. The maximum atomic E-state index is 11.6. The number of carboxylic acids is 1. The molecule has 2 unspecified atom stereocenters. The van der Waals surface area contributed by atoms with Gasteiger partial charge in [0.25, 0.3) is 0 Å². The zero-order chi connectivity index (χ0) is 15.0. The number of aromatic nitrogens is 1. The first-order chi connectivity index (χ1) is 10.1. The number of aromatic hydroxyl groups is 1. The molecular weight excluding hydrogens is 268 g/mol. The largest absolute Gasteiger partial charge is 0.508 e. The van der Waals surface area contributed by atoms with Crippen molar-refractivity contribution in [1.82, 2.24) is 4.98 Å². The molecule has 0 saturated carbocycles. The van der Waals surface area contributed by atoms with E-state index in [-0.39, 0.29) is 11.7 Å². The van der Waals surface area contributed by atoms with Gasteiger partial charge in [-0.3, -0.25) is 0 Å². The molecule has 2 N–H and O–H groups in total. The number of nitrogens with zero attached hydrogens (tertiary/aromatic N) is 2. The van der Waals surface area contributed by atoms with Crippen LogP contribution in [-0.2, 0) is 4.79 Å². The first-order valence-electron chi connectivity index (χ1n) is 7.15. The number of piperidine rings is 1. The zero-order valence-corrected chi connectivity index (χ0v) is 11.9. The van der Waals surface area contributed by atoms with Gasteiger partial charge in [0.05, 0.1) is 0 Å². The molecule has 110 valence electrons. The van der Waals surface area contributed by atoms with Gasteiger partial charge in [0.15, 0.2) is 0 Å². The molecule has 2 heterocycles. The molecule has 5 heteroatoms. The highest BCUT2D eigenvalue weighted by atomic mass is 16.4. The molecule has 1 fully saturated rings. The number of carbonyl (C=O) groups is 1. The molecule has 1 aliphatic rings. The van der Waals surface area contributed by atoms with Crippen molar-refractivity contribution in [3.63, 3.8) is 0 Å². The molecule has 0 aliphatic carbocycles. The fourth-order valence-electron chi connectivity index (χ4n) is 3.17. The molecular formula is C16H18N2O3. The summed E-state index contributed by atoms with van der Waals surface area (Å²) < 4.78 is 0. The average molecular weight is 286 g/mol. The number of benzene rings is 1. The maximum Gasteiger partial charge on any atom is 0.326 e. The number of anilines is 1. The smallest absolute Gasteiger partial charge is 0.326 e. The molecule has 3 rings (SSSR count). The topological polar surface area (TPSA) is 73.7 Å². The molecule has 5 nitrogen and oxygen atoms in total. The van der Waals surface area contributed by atoms with Crippen LogP contribution in [0.5, 0.6) is 5.75 Å². The van der Waals surface area contributed by atoms with E-state index in [4.69, 9.17) is 0 Å². The molecule has 2 aromatic rings. The summed E-state index contributed by atoms with van der Waals surface area (Å²) in [6.45, 7) is 2.64. The molecule has 2 atom stereocenters. The van der Waals surface area contributed by atoms with E-state index in [1.165, 1.54) is 0 Å². The van der Waals surface area contributed by atoms with Crippen molar-refractivity contribution >= 4 is 22.6 Å². The van der Waals surface area contributed by atoms with E-state index in [0.29, 0.717) is 12.4 Å². The number of rotatable bonds is 2. The molecule has 0 amide bonds. The summed E-state index contributed by atoms with van der Waals surface area (Å²) in [6, 6.07) is 6.38. The van der Waals surface area contributed by atoms with Gasteiger partial charge in [-0.25, -0.2) is 9.78 Å². The molecule has 21 heavy (non-hydrogen) atoms. The van der Waals surface area contributed by atoms with Gasteiger partial charge in [-0.2, -0.15) is 0 Å². The predicted molar refractivity (Wildman–Crippen MR) is 80.6 cm³/mol. The van der Waals surface area contributed by atoms with Crippen molar-refractivity contribution < 1.29 is 15.0 Å². The number of pyridine rings is 1. The second-order valence-electron chi connectivity index (χ2n) is 5.64. The number of fused-ring (bicyclic) bond motifs is 1. The van der Waals surface area contributed by atoms with E-state index in [0.717, 1.165) is 23.6 Å². The van der Waals surface area contributed by atoms with Crippen LogP contribution < -0.4 is 4.90 Å². The zero-order valence-electron chi connectivity index (χ0n) is 11.9. The summed E-state index contributed by atoms with van der Waals surface area (Å²) in [6.07, 6.45) is 3.54. The second kappa shape index (κ2) is 5.24. The quantitative estimate of drug-likeness (QED) is 0.887.